The first-order valence-electron chi connectivity index (χ1n) is 12.1. The number of hydrogen-bond donors (Lipinski definition) is 1. The minimum Gasteiger partial charge on any atom is -0.386 e. The Hall–Kier alpha value is -3.46. The number of aromatic nitrogens is 1. The number of aliphatic hydroxyl groups is 1. The van der Waals surface area contributed by atoms with Crippen molar-refractivity contribution in [3.8, 4) is 0 Å². The fourth-order valence-electron chi connectivity index (χ4n) is 4.37. The maximum atomic E-state index is 13.6. The Bertz CT molecular complexity index is 1590. The van der Waals surface area contributed by atoms with E-state index >= 15 is 0 Å². The number of pyridine rings is 1. The second kappa shape index (κ2) is 11.1. The van der Waals surface area contributed by atoms with Gasteiger partial charge in [0.25, 0.3) is 10.1 Å². The van der Waals surface area contributed by atoms with E-state index in [4.69, 9.17) is 4.18 Å². The van der Waals surface area contributed by atoms with Crippen LogP contribution in [0.5, 0.6) is 0 Å². The van der Waals surface area contributed by atoms with Gasteiger partial charge in [-0.3, -0.25) is 4.18 Å². The van der Waals surface area contributed by atoms with Gasteiger partial charge in [-0.25, -0.2) is 13.8 Å². The largest absolute Gasteiger partial charge is 0.386 e. The molecule has 38 heavy (non-hydrogen) atoms. The molecule has 0 saturated carbocycles. The molecule has 0 bridgehead atoms. The molecule has 1 unspecified atom stereocenters. The second-order valence-corrected chi connectivity index (χ2v) is 11.3. The zero-order chi connectivity index (χ0) is 27.5. The van der Waals surface area contributed by atoms with Gasteiger partial charge < -0.3 is 5.11 Å². The van der Waals surface area contributed by atoms with E-state index < -0.39 is 33.5 Å². The molecule has 0 saturated heterocycles. The van der Waals surface area contributed by atoms with Gasteiger partial charge in [0, 0.05) is 11.5 Å². The Labute approximate surface area is 221 Å². The average Bonchev–Trinajstić information content (AvgIpc) is 2.85. The first kappa shape index (κ1) is 27.6. The molecule has 0 aliphatic carbocycles. The van der Waals surface area contributed by atoms with E-state index in [1.807, 2.05) is 42.5 Å². The molecule has 1 aromatic heterocycles. The Morgan fingerprint density at radius 2 is 1.71 bits per heavy atom. The number of halogens is 2. The smallest absolute Gasteiger partial charge is 0.264 e. The third-order valence-electron chi connectivity index (χ3n) is 6.13. The van der Waals surface area contributed by atoms with Gasteiger partial charge in [0.1, 0.15) is 6.10 Å². The fraction of sp³-hybridized carbons (Fsp3) is 0.233. The van der Waals surface area contributed by atoms with Crippen LogP contribution in [0.25, 0.3) is 23.1 Å². The zero-order valence-electron chi connectivity index (χ0n) is 21.4. The van der Waals surface area contributed by atoms with Gasteiger partial charge in [-0.1, -0.05) is 54.6 Å². The number of rotatable bonds is 9. The first-order valence-corrected chi connectivity index (χ1v) is 13.9. The molecule has 198 valence electrons. The lowest BCUT2D eigenvalue weighted by molar-refractivity contribution is 0.0773. The lowest BCUT2D eigenvalue weighted by Crippen LogP contribution is -2.18. The van der Waals surface area contributed by atoms with Crippen molar-refractivity contribution < 1.29 is 26.5 Å². The van der Waals surface area contributed by atoms with Crippen molar-refractivity contribution in [3.05, 3.63) is 112 Å². The van der Waals surface area contributed by atoms with Crippen LogP contribution in [0.1, 0.15) is 54.3 Å². The molecule has 8 heteroatoms. The molecule has 0 aliphatic rings. The van der Waals surface area contributed by atoms with Crippen LogP contribution in [0.15, 0.2) is 72.8 Å². The van der Waals surface area contributed by atoms with Crippen molar-refractivity contribution in [3.63, 3.8) is 0 Å². The van der Waals surface area contributed by atoms with Gasteiger partial charge in [0.15, 0.2) is 11.6 Å². The predicted octanol–water partition coefficient (Wildman–Crippen LogP) is 6.56. The lowest BCUT2D eigenvalue weighted by atomic mass is 9.90. The summed E-state index contributed by atoms with van der Waals surface area (Å²) in [4.78, 5) is 4.37. The molecule has 1 N–H and O–H groups in total. The molecule has 0 spiro atoms. The average molecular weight is 538 g/mol. The number of nitrogens with zero attached hydrogens (tertiary/aromatic N) is 1. The van der Waals surface area contributed by atoms with Gasteiger partial charge >= 0.3 is 0 Å². The van der Waals surface area contributed by atoms with Crippen molar-refractivity contribution in [2.24, 2.45) is 0 Å². The van der Waals surface area contributed by atoms with E-state index in [2.05, 4.69) is 4.98 Å². The molecule has 0 fully saturated rings. The summed E-state index contributed by atoms with van der Waals surface area (Å²) in [5.74, 6) is -1.88. The van der Waals surface area contributed by atoms with Crippen LogP contribution in [-0.4, -0.2) is 24.8 Å². The van der Waals surface area contributed by atoms with Gasteiger partial charge in [0.05, 0.1) is 23.1 Å². The normalized spacial score (nSPS) is 13.3. The van der Waals surface area contributed by atoms with Crippen molar-refractivity contribution >= 4 is 33.2 Å². The van der Waals surface area contributed by atoms with Crippen LogP contribution in [-0.2, 0) is 26.3 Å². The standard InChI is InChI=1S/C30H29F2NO4S/c1-30(2,34)25-10-5-4-8-21(25)13-16-29(37-38(3,35)36)23-9-6-7-20(17-23)11-14-24-15-12-22-18-26(31)27(32)19-28(22)33-24/h4-12,14-15,17-19,29,34H,13,16H2,1-3H3. The van der Waals surface area contributed by atoms with Crippen LogP contribution in [0.2, 0.25) is 0 Å². The molecule has 1 atom stereocenters. The number of fused-ring (bicyclic) bond motifs is 1. The van der Waals surface area contributed by atoms with Gasteiger partial charge in [-0.05, 0) is 73.2 Å². The van der Waals surface area contributed by atoms with Crippen LogP contribution in [0, 0.1) is 11.6 Å². The minimum atomic E-state index is -3.74. The fourth-order valence-corrected chi connectivity index (χ4v) is 5.00. The molecule has 5 nitrogen and oxygen atoms in total. The van der Waals surface area contributed by atoms with Crippen LogP contribution in [0.4, 0.5) is 8.78 Å². The van der Waals surface area contributed by atoms with Crippen molar-refractivity contribution in [2.75, 3.05) is 6.26 Å². The summed E-state index contributed by atoms with van der Waals surface area (Å²) in [6.07, 6.45) is 4.71. The minimum absolute atomic E-state index is 0.341. The predicted molar refractivity (Wildman–Crippen MR) is 146 cm³/mol. The highest BCUT2D eigenvalue weighted by molar-refractivity contribution is 7.86. The van der Waals surface area contributed by atoms with Gasteiger partial charge in [0.2, 0.25) is 0 Å². The lowest BCUT2D eigenvalue weighted by Gasteiger charge is -2.23. The molecule has 1 heterocycles. The molecular formula is C30H29F2NO4S. The molecule has 0 aliphatic heterocycles. The molecule has 0 radical (unpaired) electrons. The Kier molecular flexibility index (Phi) is 8.06. The van der Waals surface area contributed by atoms with Crippen molar-refractivity contribution in [1.82, 2.24) is 4.98 Å². The second-order valence-electron chi connectivity index (χ2n) is 9.74. The summed E-state index contributed by atoms with van der Waals surface area (Å²) < 4.78 is 56.7. The van der Waals surface area contributed by atoms with E-state index in [0.29, 0.717) is 35.0 Å². The summed E-state index contributed by atoms with van der Waals surface area (Å²) in [6.45, 7) is 3.43. The summed E-state index contributed by atoms with van der Waals surface area (Å²) in [5.41, 5.74) is 3.02. The SMILES string of the molecule is CC(C)(O)c1ccccc1CCC(OS(C)(=O)=O)c1cccc(C=Cc2ccc3cc(F)c(F)cc3n2)c1. The third kappa shape index (κ3) is 7.10. The number of hydrogen-bond acceptors (Lipinski definition) is 5. The van der Waals surface area contributed by atoms with E-state index in [9.17, 15) is 22.3 Å². The van der Waals surface area contributed by atoms with Crippen molar-refractivity contribution in [1.29, 1.82) is 0 Å². The third-order valence-corrected chi connectivity index (χ3v) is 6.71. The van der Waals surface area contributed by atoms with E-state index in [1.165, 1.54) is 0 Å². The zero-order valence-corrected chi connectivity index (χ0v) is 22.2. The van der Waals surface area contributed by atoms with Crippen LogP contribution in [0.3, 0.4) is 0 Å². The summed E-state index contributed by atoms with van der Waals surface area (Å²) >= 11 is 0. The van der Waals surface area contributed by atoms with E-state index in [-0.39, 0.29) is 0 Å². The highest BCUT2D eigenvalue weighted by atomic mass is 32.2. The van der Waals surface area contributed by atoms with Gasteiger partial charge in [-0.15, -0.1) is 0 Å². The summed E-state index contributed by atoms with van der Waals surface area (Å²) in [6, 6.07) is 20.4. The quantitative estimate of drug-likeness (QED) is 0.245. The highest BCUT2D eigenvalue weighted by Crippen LogP contribution is 2.30. The maximum Gasteiger partial charge on any atom is 0.264 e. The Morgan fingerprint density at radius 3 is 2.45 bits per heavy atom. The van der Waals surface area contributed by atoms with Crippen LogP contribution < -0.4 is 0 Å². The molecular weight excluding hydrogens is 508 g/mol. The molecule has 3 aromatic carbocycles. The molecule has 4 rings (SSSR count). The van der Waals surface area contributed by atoms with E-state index in [1.54, 1.807) is 44.2 Å². The molecule has 0 amide bonds. The van der Waals surface area contributed by atoms with E-state index in [0.717, 1.165) is 35.1 Å². The monoisotopic (exact) mass is 537 g/mol. The summed E-state index contributed by atoms with van der Waals surface area (Å²) in [7, 11) is -3.74. The highest BCUT2D eigenvalue weighted by Gasteiger charge is 2.22. The van der Waals surface area contributed by atoms with Gasteiger partial charge in [-0.2, -0.15) is 8.42 Å². The number of benzene rings is 3. The van der Waals surface area contributed by atoms with Crippen molar-refractivity contribution in [2.45, 2.75) is 38.4 Å². The Balaban J connectivity index is 1.58. The maximum absolute atomic E-state index is 13.6. The Morgan fingerprint density at radius 1 is 0.974 bits per heavy atom. The topological polar surface area (TPSA) is 76.5 Å². The first-order chi connectivity index (χ1) is 17.9. The van der Waals surface area contributed by atoms with Crippen LogP contribution >= 0.6 is 0 Å². The summed E-state index contributed by atoms with van der Waals surface area (Å²) in [5, 5.41) is 11.0. The molecule has 4 aromatic rings. The number of aryl methyl sites for hydroxylation is 1.